The summed E-state index contributed by atoms with van der Waals surface area (Å²) in [5.41, 5.74) is 0.949. The molecular weight excluding hydrogens is 368 g/mol. The summed E-state index contributed by atoms with van der Waals surface area (Å²) in [6, 6.07) is 12.8. The SMILES string of the molecule is COc1cccc(NC(=O)c2ccc(S(=O)(=O)NCC3CCCO3)cc2)c1. The predicted molar refractivity (Wildman–Crippen MR) is 102 cm³/mol. The van der Waals surface area contributed by atoms with E-state index < -0.39 is 10.0 Å². The lowest BCUT2D eigenvalue weighted by atomic mass is 10.2. The Kier molecular flexibility index (Phi) is 6.10. The van der Waals surface area contributed by atoms with Crippen molar-refractivity contribution in [3.63, 3.8) is 0 Å². The summed E-state index contributed by atoms with van der Waals surface area (Å²) < 4.78 is 37.8. The van der Waals surface area contributed by atoms with Crippen LogP contribution in [0.1, 0.15) is 23.2 Å². The zero-order valence-corrected chi connectivity index (χ0v) is 15.8. The third kappa shape index (κ3) is 5.06. The van der Waals surface area contributed by atoms with Crippen LogP contribution >= 0.6 is 0 Å². The second kappa shape index (κ2) is 8.51. The highest BCUT2D eigenvalue weighted by atomic mass is 32.2. The van der Waals surface area contributed by atoms with Crippen LogP contribution in [-0.4, -0.2) is 40.7 Å². The van der Waals surface area contributed by atoms with Crippen molar-refractivity contribution in [2.45, 2.75) is 23.8 Å². The maximum Gasteiger partial charge on any atom is 0.255 e. The van der Waals surface area contributed by atoms with Gasteiger partial charge in [-0.25, -0.2) is 13.1 Å². The standard InChI is InChI=1S/C19H22N2O5S/c1-25-16-5-2-4-15(12-16)21-19(22)14-7-9-18(10-8-14)27(23,24)20-13-17-6-3-11-26-17/h2,4-5,7-10,12,17,20H,3,6,11,13H2,1H3,(H,21,22). The molecule has 2 N–H and O–H groups in total. The highest BCUT2D eigenvalue weighted by molar-refractivity contribution is 7.89. The molecule has 0 bridgehead atoms. The highest BCUT2D eigenvalue weighted by Gasteiger charge is 2.20. The first-order valence-electron chi connectivity index (χ1n) is 8.65. The molecule has 1 unspecified atom stereocenters. The molecule has 1 heterocycles. The third-order valence-corrected chi connectivity index (χ3v) is 5.72. The average Bonchev–Trinajstić information content (AvgIpc) is 3.20. The number of hydrogen-bond acceptors (Lipinski definition) is 5. The minimum absolute atomic E-state index is 0.0762. The molecule has 0 aliphatic carbocycles. The Hall–Kier alpha value is -2.42. The van der Waals surface area contributed by atoms with Gasteiger partial charge in [0.1, 0.15) is 5.75 Å². The van der Waals surface area contributed by atoms with Gasteiger partial charge in [-0.3, -0.25) is 4.79 Å². The van der Waals surface area contributed by atoms with E-state index >= 15 is 0 Å². The Morgan fingerprint density at radius 2 is 2.00 bits per heavy atom. The number of sulfonamides is 1. The number of hydrogen-bond donors (Lipinski definition) is 2. The van der Waals surface area contributed by atoms with Crippen molar-refractivity contribution in [1.29, 1.82) is 0 Å². The number of nitrogens with one attached hydrogen (secondary N) is 2. The molecule has 144 valence electrons. The lowest BCUT2D eigenvalue weighted by Gasteiger charge is -2.12. The molecule has 1 aliphatic heterocycles. The number of ether oxygens (including phenoxy) is 2. The van der Waals surface area contributed by atoms with Crippen LogP contribution in [0.25, 0.3) is 0 Å². The number of anilines is 1. The molecular formula is C19H22N2O5S. The minimum atomic E-state index is -3.64. The fourth-order valence-electron chi connectivity index (χ4n) is 2.78. The molecule has 1 amide bonds. The first-order valence-corrected chi connectivity index (χ1v) is 10.1. The number of benzene rings is 2. The molecule has 27 heavy (non-hydrogen) atoms. The summed E-state index contributed by atoms with van der Waals surface area (Å²) in [7, 11) is -2.09. The molecule has 2 aromatic rings. The fourth-order valence-corrected chi connectivity index (χ4v) is 3.85. The fraction of sp³-hybridized carbons (Fsp3) is 0.316. The predicted octanol–water partition coefficient (Wildman–Crippen LogP) is 2.40. The van der Waals surface area contributed by atoms with Crippen LogP contribution in [0.15, 0.2) is 53.4 Å². The van der Waals surface area contributed by atoms with Crippen LogP contribution in [0, 0.1) is 0 Å². The normalized spacial score (nSPS) is 16.9. The Labute approximate surface area is 158 Å². The van der Waals surface area contributed by atoms with Crippen molar-refractivity contribution >= 4 is 21.6 Å². The van der Waals surface area contributed by atoms with Gasteiger partial charge in [-0.1, -0.05) is 6.07 Å². The van der Waals surface area contributed by atoms with Crippen molar-refractivity contribution in [2.24, 2.45) is 0 Å². The first-order chi connectivity index (χ1) is 13.0. The topological polar surface area (TPSA) is 93.7 Å². The second-order valence-corrected chi connectivity index (χ2v) is 7.96. The van der Waals surface area contributed by atoms with Gasteiger partial charge >= 0.3 is 0 Å². The molecule has 0 radical (unpaired) electrons. The third-order valence-electron chi connectivity index (χ3n) is 4.28. The summed E-state index contributed by atoms with van der Waals surface area (Å²) in [6.45, 7) is 0.921. The number of amides is 1. The van der Waals surface area contributed by atoms with Crippen molar-refractivity contribution < 1.29 is 22.7 Å². The zero-order chi connectivity index (χ0) is 19.3. The summed E-state index contributed by atoms with van der Waals surface area (Å²) in [5, 5.41) is 2.75. The lowest BCUT2D eigenvalue weighted by Crippen LogP contribution is -2.31. The molecule has 1 fully saturated rings. The van der Waals surface area contributed by atoms with E-state index in [9.17, 15) is 13.2 Å². The quantitative estimate of drug-likeness (QED) is 0.757. The van der Waals surface area contributed by atoms with E-state index in [2.05, 4.69) is 10.0 Å². The van der Waals surface area contributed by atoms with Gasteiger partial charge in [-0.15, -0.1) is 0 Å². The number of carbonyl (C=O) groups excluding carboxylic acids is 1. The van der Waals surface area contributed by atoms with E-state index in [0.717, 1.165) is 12.8 Å². The van der Waals surface area contributed by atoms with Gasteiger partial charge in [0.15, 0.2) is 0 Å². The van der Waals surface area contributed by atoms with Crippen LogP contribution in [0.4, 0.5) is 5.69 Å². The maximum absolute atomic E-state index is 12.4. The lowest BCUT2D eigenvalue weighted by molar-refractivity contribution is 0.102. The first kappa shape index (κ1) is 19.3. The van der Waals surface area contributed by atoms with Crippen molar-refractivity contribution in [3.05, 3.63) is 54.1 Å². The van der Waals surface area contributed by atoms with Crippen LogP contribution in [-0.2, 0) is 14.8 Å². The van der Waals surface area contributed by atoms with Gasteiger partial charge in [-0.2, -0.15) is 0 Å². The monoisotopic (exact) mass is 390 g/mol. The van der Waals surface area contributed by atoms with Crippen LogP contribution < -0.4 is 14.8 Å². The van der Waals surface area contributed by atoms with E-state index in [1.807, 2.05) is 0 Å². The van der Waals surface area contributed by atoms with Crippen molar-refractivity contribution in [3.8, 4) is 5.75 Å². The number of rotatable bonds is 7. The molecule has 1 atom stereocenters. The Morgan fingerprint density at radius 3 is 2.67 bits per heavy atom. The van der Waals surface area contributed by atoms with Gasteiger partial charge in [0, 0.05) is 30.5 Å². The summed E-state index contributed by atoms with van der Waals surface area (Å²) in [5.74, 6) is 0.297. The van der Waals surface area contributed by atoms with Crippen LogP contribution in [0.5, 0.6) is 5.75 Å². The summed E-state index contributed by atoms with van der Waals surface area (Å²) >= 11 is 0. The van der Waals surface area contributed by atoms with E-state index in [1.54, 1.807) is 31.4 Å². The summed E-state index contributed by atoms with van der Waals surface area (Å²) in [6.07, 6.45) is 1.72. The van der Waals surface area contributed by atoms with Gasteiger partial charge in [0.2, 0.25) is 10.0 Å². The maximum atomic E-state index is 12.4. The van der Waals surface area contributed by atoms with E-state index in [0.29, 0.717) is 23.6 Å². The molecule has 3 rings (SSSR count). The molecule has 1 aliphatic rings. The second-order valence-electron chi connectivity index (χ2n) is 6.20. The van der Waals surface area contributed by atoms with Gasteiger partial charge < -0.3 is 14.8 Å². The molecule has 0 aromatic heterocycles. The summed E-state index contributed by atoms with van der Waals surface area (Å²) in [4.78, 5) is 12.5. The van der Waals surface area contributed by atoms with Gasteiger partial charge in [0.25, 0.3) is 5.91 Å². The minimum Gasteiger partial charge on any atom is -0.497 e. The van der Waals surface area contributed by atoms with Gasteiger partial charge in [-0.05, 0) is 49.2 Å². The molecule has 7 nitrogen and oxygen atoms in total. The molecule has 8 heteroatoms. The van der Waals surface area contributed by atoms with E-state index in [1.165, 1.54) is 24.3 Å². The number of carbonyl (C=O) groups is 1. The van der Waals surface area contributed by atoms with Crippen molar-refractivity contribution in [1.82, 2.24) is 4.72 Å². The zero-order valence-electron chi connectivity index (χ0n) is 15.0. The Balaban J connectivity index is 1.63. The largest absolute Gasteiger partial charge is 0.497 e. The Morgan fingerprint density at radius 1 is 1.22 bits per heavy atom. The molecule has 2 aromatic carbocycles. The molecule has 0 spiro atoms. The number of methoxy groups -OCH3 is 1. The average molecular weight is 390 g/mol. The van der Waals surface area contributed by atoms with Crippen LogP contribution in [0.3, 0.4) is 0 Å². The smallest absolute Gasteiger partial charge is 0.255 e. The van der Waals surface area contributed by atoms with E-state index in [-0.39, 0.29) is 23.5 Å². The van der Waals surface area contributed by atoms with E-state index in [4.69, 9.17) is 9.47 Å². The van der Waals surface area contributed by atoms with Crippen molar-refractivity contribution in [2.75, 3.05) is 25.6 Å². The van der Waals surface area contributed by atoms with Gasteiger partial charge in [0.05, 0.1) is 18.1 Å². The van der Waals surface area contributed by atoms with Crippen LogP contribution in [0.2, 0.25) is 0 Å². The Bertz CT molecular complexity index is 891. The molecule has 1 saturated heterocycles. The molecule has 0 saturated carbocycles. The highest BCUT2D eigenvalue weighted by Crippen LogP contribution is 2.18.